The number of aromatic amines is 2. The van der Waals surface area contributed by atoms with E-state index in [1.807, 2.05) is 109 Å². The van der Waals surface area contributed by atoms with Crippen LogP contribution >= 0.6 is 0 Å². The zero-order chi connectivity index (χ0) is 88.5. The number of carbonyl (C=O) groups is 14. The fourth-order valence-corrected chi connectivity index (χ4v) is 15.3. The molecule has 2 aromatic heterocycles. The van der Waals surface area contributed by atoms with Gasteiger partial charge in [-0.3, -0.25) is 82.1 Å². The van der Waals surface area contributed by atoms with Crippen molar-refractivity contribution in [3.63, 3.8) is 0 Å². The molecule has 2 unspecified atom stereocenters. The van der Waals surface area contributed by atoms with Crippen LogP contribution in [0.4, 0.5) is 0 Å². The maximum Gasteiger partial charge on any atom is 0.245 e. The van der Waals surface area contributed by atoms with Gasteiger partial charge in [-0.05, 0) is 124 Å². The summed E-state index contributed by atoms with van der Waals surface area (Å²) in [6, 6.07) is 21.2. The minimum Gasteiger partial charge on any atom is -0.370 e. The van der Waals surface area contributed by atoms with Gasteiger partial charge in [0.25, 0.3) is 0 Å². The molecule has 0 bridgehead atoms. The van der Waals surface area contributed by atoms with Gasteiger partial charge in [0, 0.05) is 120 Å². The molecule has 4 saturated heterocycles. The Bertz CT molecular complexity index is 4770. The summed E-state index contributed by atoms with van der Waals surface area (Å²) in [4.78, 5) is 213. The average molecular weight is 1700 g/mol. The van der Waals surface area contributed by atoms with Crippen LogP contribution in [0.5, 0.6) is 0 Å². The fourth-order valence-electron chi connectivity index (χ4n) is 15.3. The number of amides is 14. The molecule has 11 atom stereocenters. The second kappa shape index (κ2) is 46.8. The van der Waals surface area contributed by atoms with Gasteiger partial charge >= 0.3 is 0 Å². The van der Waals surface area contributed by atoms with E-state index in [1.165, 1.54) is 23.6 Å². The molecule has 660 valence electrons. The number of fused-ring (bicyclic) bond motifs is 4. The summed E-state index contributed by atoms with van der Waals surface area (Å²) in [6.07, 6.45) is 7.21. The van der Waals surface area contributed by atoms with Gasteiger partial charge in [0.15, 0.2) is 17.9 Å². The standard InChI is InChI=1S/C44H62N14O7.C40H53N11O7/c1-26(59)53-34(23-27-11-3-2-4-12-27)39(62)56-33-17-9-19-49-37(60)31(15-7-20-50-43(45)46)54-40(63)35(24-28-25-52-30-14-6-5-13-29(28)30)57-38(61)32(16-8-21-51-44(47)48)55-41(64)36-18-10-22-58(36)42(33)65;1-24(52)47-31(20-25-10-3-2-4-11-25)36(55)50-30-15-8-17-43-35(54)29(14-7-18-44-40(41)42)49-37(56)32(21-26-22-45-28-13-6-5-12-27(26)28)48-34(53)23-46-38(57)33-16-9-19-51(33)39(30)58/h2-6,11-14,25,31-36,52H,7-10,15-24H2,1H3,(H,49,60)(H,53,59)(H,54,63)(H,55,64)(H,56,62)(H,57,61)(H4,45,46,50)(H4,47,48,51);2-6,10-13,22,29-33,45H,7-9,14-21,23H2,1H3,(H,43,54)(H,46,57)(H,47,52)(H,48,53)(H,49,56)(H,50,55)(H4,41,42,44)/t31-,32+,33?,34-,35-,36-;29-,30?,31-,32-,33-/m00/s1. The number of rotatable bonds is 26. The first-order chi connectivity index (χ1) is 59.1. The highest BCUT2D eigenvalue weighted by molar-refractivity contribution is 6.00. The van der Waals surface area contributed by atoms with Crippen molar-refractivity contribution in [1.82, 2.24) is 83.6 Å². The number of nitrogens with one attached hydrogen (secondary N) is 14. The summed E-state index contributed by atoms with van der Waals surface area (Å²) >= 11 is 0. The van der Waals surface area contributed by atoms with Crippen LogP contribution in [0.3, 0.4) is 0 Å². The molecule has 4 fully saturated rings. The van der Waals surface area contributed by atoms with Gasteiger partial charge in [-0.25, -0.2) is 0 Å². The lowest BCUT2D eigenvalue weighted by molar-refractivity contribution is -0.142. The average Bonchev–Trinajstić information content (AvgIpc) is 1.70. The molecule has 26 N–H and O–H groups in total. The zero-order valence-electron chi connectivity index (χ0n) is 69.2. The molecule has 0 spiro atoms. The lowest BCUT2D eigenvalue weighted by atomic mass is 10.0. The molecule has 4 aliphatic heterocycles. The van der Waals surface area contributed by atoms with Gasteiger partial charge < -0.3 is 118 Å². The number of hydrogen-bond acceptors (Lipinski definition) is 17. The van der Waals surface area contributed by atoms with Crippen molar-refractivity contribution >= 4 is 122 Å². The molecule has 0 saturated carbocycles. The number of nitrogens with zero attached hydrogens (tertiary/aromatic N) is 5. The van der Waals surface area contributed by atoms with Crippen LogP contribution in [0, 0.1) is 0 Å². The summed E-state index contributed by atoms with van der Waals surface area (Å²) in [5, 5.41) is 35.0. The molecule has 6 aromatic rings. The van der Waals surface area contributed by atoms with Crippen molar-refractivity contribution in [1.29, 1.82) is 0 Å². The first kappa shape index (κ1) is 93.2. The van der Waals surface area contributed by atoms with Crippen LogP contribution in [0.25, 0.3) is 21.8 Å². The van der Waals surface area contributed by atoms with E-state index in [1.54, 1.807) is 12.4 Å². The molecule has 6 heterocycles. The number of carbonyl (C=O) groups excluding carboxylic acids is 14. The van der Waals surface area contributed by atoms with Gasteiger partial charge in [0.05, 0.1) is 6.54 Å². The Morgan fingerprint density at radius 2 is 0.789 bits per heavy atom. The molecule has 0 aliphatic carbocycles. The smallest absolute Gasteiger partial charge is 0.245 e. The Morgan fingerprint density at radius 3 is 1.20 bits per heavy atom. The largest absolute Gasteiger partial charge is 0.370 e. The van der Waals surface area contributed by atoms with E-state index in [-0.39, 0.29) is 147 Å². The van der Waals surface area contributed by atoms with E-state index >= 15 is 0 Å². The Morgan fingerprint density at radius 1 is 0.423 bits per heavy atom. The van der Waals surface area contributed by atoms with Crippen LogP contribution in [-0.4, -0.2) is 239 Å². The van der Waals surface area contributed by atoms with Crippen molar-refractivity contribution in [2.75, 3.05) is 52.4 Å². The van der Waals surface area contributed by atoms with E-state index in [0.29, 0.717) is 32.1 Å². The molecule has 39 nitrogen and oxygen atoms in total. The van der Waals surface area contributed by atoms with Crippen molar-refractivity contribution in [2.24, 2.45) is 49.4 Å². The van der Waals surface area contributed by atoms with E-state index in [4.69, 9.17) is 34.4 Å². The Hall–Kier alpha value is -13.6. The number of hydrogen-bond donors (Lipinski definition) is 20. The Balaban J connectivity index is 0.000000281. The molecule has 10 rings (SSSR count). The van der Waals surface area contributed by atoms with Crippen LogP contribution in [0.15, 0.2) is 137 Å². The van der Waals surface area contributed by atoms with E-state index in [2.05, 4.69) is 88.7 Å². The lowest BCUT2D eigenvalue weighted by Crippen LogP contribution is -2.60. The summed E-state index contributed by atoms with van der Waals surface area (Å²) in [6.45, 7) is 3.13. The normalized spacial score (nSPS) is 21.6. The molecule has 14 amide bonds. The molecule has 123 heavy (non-hydrogen) atoms. The van der Waals surface area contributed by atoms with E-state index in [0.717, 1.165) is 44.1 Å². The number of aliphatic imine (C=N–C) groups is 3. The highest BCUT2D eigenvalue weighted by atomic mass is 16.2. The Kier molecular flexibility index (Phi) is 35.5. The van der Waals surface area contributed by atoms with Crippen LogP contribution in [0.2, 0.25) is 0 Å². The van der Waals surface area contributed by atoms with Crippen molar-refractivity contribution in [3.05, 3.63) is 144 Å². The van der Waals surface area contributed by atoms with Gasteiger partial charge in [0.1, 0.15) is 66.5 Å². The van der Waals surface area contributed by atoms with Crippen molar-refractivity contribution < 1.29 is 67.1 Å². The van der Waals surface area contributed by atoms with Gasteiger partial charge in [-0.15, -0.1) is 0 Å². The third-order valence-corrected chi connectivity index (χ3v) is 21.4. The van der Waals surface area contributed by atoms with Crippen molar-refractivity contribution in [3.8, 4) is 0 Å². The molecule has 0 radical (unpaired) electrons. The molecular formula is C84H115N25O14. The number of nitrogens with two attached hydrogens (primary N) is 6. The maximum absolute atomic E-state index is 14.5. The third kappa shape index (κ3) is 28.8. The first-order valence-electron chi connectivity index (χ1n) is 41.5. The number of para-hydroxylation sites is 2. The molecule has 4 aliphatic rings. The Labute approximate surface area is 711 Å². The monoisotopic (exact) mass is 1700 g/mol. The molecule has 39 heteroatoms. The number of aromatic nitrogens is 2. The summed E-state index contributed by atoms with van der Waals surface area (Å²) in [5.41, 5.74) is 37.8. The minimum atomic E-state index is -1.22. The van der Waals surface area contributed by atoms with Crippen molar-refractivity contribution in [2.45, 2.75) is 196 Å². The maximum atomic E-state index is 14.5. The second-order valence-corrected chi connectivity index (χ2v) is 30.8. The molecule has 4 aromatic carbocycles. The zero-order valence-corrected chi connectivity index (χ0v) is 69.2. The topological polar surface area (TPSA) is 615 Å². The molecular weight excluding hydrogens is 1580 g/mol. The quantitative estimate of drug-likeness (QED) is 0.0150. The second-order valence-electron chi connectivity index (χ2n) is 30.8. The minimum absolute atomic E-state index is 0.0186. The SMILES string of the molecule is CC(=O)N[C@@H](Cc1ccccc1)C(=O)NC1CCCNC(=O)[C@H](CCCN=C(N)N)NC(=O)[C@H](Cc2c[nH]c3ccccc23)NC(=O)CNC(=O)[C@@H]2CCCN2C1=O.CC(=O)N[C@@H](Cc1ccccc1)C(=O)NC1CCCNC(=O)[C@H](CCCN=C(N)N)NC(=O)[C@H](Cc2c[nH]c3ccccc23)NC(=O)[C@@H](CCCN=C(N)N)NC(=O)[C@@H]2CCCN2C1=O. The summed E-state index contributed by atoms with van der Waals surface area (Å²) in [7, 11) is 0. The predicted octanol–water partition coefficient (Wildman–Crippen LogP) is -2.61. The van der Waals surface area contributed by atoms with Gasteiger partial charge in [-0.2, -0.15) is 0 Å². The number of guanidine groups is 3. The first-order valence-corrected chi connectivity index (χ1v) is 41.5. The van der Waals surface area contributed by atoms with Gasteiger partial charge in [0.2, 0.25) is 82.7 Å². The van der Waals surface area contributed by atoms with E-state index < -0.39 is 156 Å². The third-order valence-electron chi connectivity index (χ3n) is 21.4. The van der Waals surface area contributed by atoms with Crippen LogP contribution < -0.4 is 98.2 Å². The fraction of sp³-hybridized carbons (Fsp3) is 0.464. The van der Waals surface area contributed by atoms with E-state index in [9.17, 15) is 67.1 Å². The van der Waals surface area contributed by atoms with Crippen LogP contribution in [-0.2, 0) is 92.8 Å². The lowest BCUT2D eigenvalue weighted by Gasteiger charge is -2.31. The highest BCUT2D eigenvalue weighted by Gasteiger charge is 2.42. The van der Waals surface area contributed by atoms with Crippen LogP contribution in [0.1, 0.15) is 126 Å². The number of benzene rings is 4. The van der Waals surface area contributed by atoms with Gasteiger partial charge in [-0.1, -0.05) is 97.1 Å². The number of H-pyrrole nitrogens is 2. The highest BCUT2D eigenvalue weighted by Crippen LogP contribution is 2.26. The summed E-state index contributed by atoms with van der Waals surface area (Å²) in [5.74, 6) is -8.37. The predicted molar refractivity (Wildman–Crippen MR) is 460 cm³/mol. The summed E-state index contributed by atoms with van der Waals surface area (Å²) < 4.78 is 0.